The summed E-state index contributed by atoms with van der Waals surface area (Å²) >= 11 is 5.04. The molecule has 5 rings (SSSR count). The highest BCUT2D eigenvalue weighted by Crippen LogP contribution is 2.42. The second kappa shape index (κ2) is 7.56. The van der Waals surface area contributed by atoms with E-state index in [1.807, 2.05) is 0 Å². The normalized spacial score (nSPS) is 13.0. The van der Waals surface area contributed by atoms with Crippen LogP contribution in [0.2, 0.25) is 0 Å². The summed E-state index contributed by atoms with van der Waals surface area (Å²) in [5.74, 6) is 0. The molecule has 0 aromatic heterocycles. The SMILES string of the molecule is CC(C)(C)c1ccc2c(c1)cc(I)c1ccc3c(I)cc4cc(C(C)(C)C)ccc4c3c12. The lowest BCUT2D eigenvalue weighted by atomic mass is 9.84. The third-order valence-corrected chi connectivity index (χ3v) is 8.44. The van der Waals surface area contributed by atoms with Gasteiger partial charge in [-0.25, -0.2) is 0 Å². The van der Waals surface area contributed by atoms with Gasteiger partial charge in [0.05, 0.1) is 0 Å². The molecule has 32 heavy (non-hydrogen) atoms. The highest BCUT2D eigenvalue weighted by Gasteiger charge is 2.19. The standard InChI is InChI=1S/C30H28I2/c1-29(2,3)19-7-9-21-17(13-19)15-25(31)23-11-12-24-26(32)16-18-14-20(30(4,5)6)8-10-22(18)28(24)27(21)23/h7-16H,1-6H3. The Kier molecular flexibility index (Phi) is 5.29. The monoisotopic (exact) mass is 642 g/mol. The van der Waals surface area contributed by atoms with Crippen LogP contribution in [0.25, 0.3) is 43.1 Å². The molecule has 0 nitrogen and oxygen atoms in total. The molecule has 0 N–H and O–H groups in total. The lowest BCUT2D eigenvalue weighted by Crippen LogP contribution is -2.10. The zero-order valence-electron chi connectivity index (χ0n) is 19.5. The Labute approximate surface area is 218 Å². The summed E-state index contributed by atoms with van der Waals surface area (Å²) in [5.41, 5.74) is 3.04. The topological polar surface area (TPSA) is 0 Å². The minimum atomic E-state index is 0.138. The third-order valence-electron chi connectivity index (χ3n) is 6.66. The predicted molar refractivity (Wildman–Crippen MR) is 159 cm³/mol. The van der Waals surface area contributed by atoms with Crippen molar-refractivity contribution < 1.29 is 0 Å². The van der Waals surface area contributed by atoms with E-state index in [0.29, 0.717) is 0 Å². The average molecular weight is 642 g/mol. The smallest absolute Gasteiger partial charge is 0.0215 e. The lowest BCUT2D eigenvalue weighted by molar-refractivity contribution is 0.591. The van der Waals surface area contributed by atoms with Gasteiger partial charge in [0, 0.05) is 7.14 Å². The fourth-order valence-electron chi connectivity index (χ4n) is 4.74. The van der Waals surface area contributed by atoms with Crippen molar-refractivity contribution in [1.29, 1.82) is 0 Å². The maximum Gasteiger partial charge on any atom is 0.0215 e. The van der Waals surface area contributed by atoms with Crippen molar-refractivity contribution in [3.8, 4) is 0 Å². The van der Waals surface area contributed by atoms with Crippen molar-refractivity contribution >= 4 is 88.3 Å². The van der Waals surface area contributed by atoms with Crippen LogP contribution in [0.1, 0.15) is 52.7 Å². The molecule has 0 saturated carbocycles. The molecule has 5 aromatic rings. The highest BCUT2D eigenvalue weighted by molar-refractivity contribution is 14.1. The Hall–Kier alpha value is -1.40. The Morgan fingerprint density at radius 2 is 0.812 bits per heavy atom. The first kappa shape index (κ1) is 22.4. The molecule has 162 valence electrons. The predicted octanol–water partition coefficient (Wildman–Crippen LogP) is 10.1. The first-order valence-electron chi connectivity index (χ1n) is 11.2. The van der Waals surface area contributed by atoms with Crippen molar-refractivity contribution in [1.82, 2.24) is 0 Å². The van der Waals surface area contributed by atoms with Crippen molar-refractivity contribution in [3.05, 3.63) is 78.9 Å². The second-order valence-corrected chi connectivity index (χ2v) is 13.3. The fraction of sp³-hybridized carbons (Fsp3) is 0.267. The van der Waals surface area contributed by atoms with E-state index in [4.69, 9.17) is 0 Å². The molecule has 0 atom stereocenters. The van der Waals surface area contributed by atoms with Gasteiger partial charge in [-0.05, 0) is 122 Å². The number of rotatable bonds is 0. The van der Waals surface area contributed by atoms with Crippen molar-refractivity contribution in [3.63, 3.8) is 0 Å². The molecule has 0 radical (unpaired) electrons. The Morgan fingerprint density at radius 1 is 0.469 bits per heavy atom. The average Bonchev–Trinajstić information content (AvgIpc) is 2.71. The first-order chi connectivity index (χ1) is 14.9. The van der Waals surface area contributed by atoms with Crippen LogP contribution in [0.5, 0.6) is 0 Å². The van der Waals surface area contributed by atoms with E-state index in [2.05, 4.69) is 147 Å². The van der Waals surface area contributed by atoms with Gasteiger partial charge < -0.3 is 0 Å². The van der Waals surface area contributed by atoms with Gasteiger partial charge in [0.15, 0.2) is 0 Å². The Morgan fingerprint density at radius 3 is 1.16 bits per heavy atom. The minimum absolute atomic E-state index is 0.138. The van der Waals surface area contributed by atoms with Crippen LogP contribution in [0.3, 0.4) is 0 Å². The molecule has 0 unspecified atom stereocenters. The number of hydrogen-bond donors (Lipinski definition) is 0. The van der Waals surface area contributed by atoms with Crippen molar-refractivity contribution in [2.75, 3.05) is 0 Å². The van der Waals surface area contributed by atoms with Crippen LogP contribution in [-0.4, -0.2) is 0 Å². The van der Waals surface area contributed by atoms with Crippen molar-refractivity contribution in [2.24, 2.45) is 0 Å². The molecule has 0 aliphatic heterocycles. The molecule has 0 spiro atoms. The zero-order valence-corrected chi connectivity index (χ0v) is 23.8. The second-order valence-electron chi connectivity index (χ2n) is 11.0. The van der Waals surface area contributed by atoms with Gasteiger partial charge in [0.25, 0.3) is 0 Å². The van der Waals surface area contributed by atoms with Crippen LogP contribution in [0.15, 0.2) is 60.7 Å². The molecule has 0 aliphatic rings. The number of halogens is 2. The maximum atomic E-state index is 2.52. The van der Waals surface area contributed by atoms with Gasteiger partial charge in [0.1, 0.15) is 0 Å². The quantitative estimate of drug-likeness (QED) is 0.117. The Balaban J connectivity index is 2.00. The number of hydrogen-bond acceptors (Lipinski definition) is 0. The van der Waals surface area contributed by atoms with Gasteiger partial charge >= 0.3 is 0 Å². The number of fused-ring (bicyclic) bond motifs is 7. The molecule has 0 fully saturated rings. The third kappa shape index (κ3) is 3.62. The molecular weight excluding hydrogens is 614 g/mol. The highest BCUT2D eigenvalue weighted by atomic mass is 127. The summed E-state index contributed by atoms with van der Waals surface area (Å²) in [6, 6.07) is 23.5. The summed E-state index contributed by atoms with van der Waals surface area (Å²) in [6.45, 7) is 13.7. The summed E-state index contributed by atoms with van der Waals surface area (Å²) in [4.78, 5) is 0. The van der Waals surface area contributed by atoms with Crippen LogP contribution >= 0.6 is 45.2 Å². The van der Waals surface area contributed by atoms with Gasteiger partial charge in [0.2, 0.25) is 0 Å². The molecule has 0 saturated heterocycles. The molecular formula is C30H28I2. The summed E-state index contributed by atoms with van der Waals surface area (Å²) in [7, 11) is 0. The number of benzene rings is 5. The van der Waals surface area contributed by atoms with E-state index < -0.39 is 0 Å². The molecule has 0 amide bonds. The zero-order chi connectivity index (χ0) is 23.0. The maximum absolute atomic E-state index is 2.52. The van der Waals surface area contributed by atoms with Crippen molar-refractivity contribution in [2.45, 2.75) is 52.4 Å². The Bertz CT molecular complexity index is 1430. The van der Waals surface area contributed by atoms with E-state index >= 15 is 0 Å². The summed E-state index contributed by atoms with van der Waals surface area (Å²) < 4.78 is 2.63. The van der Waals surface area contributed by atoms with Crippen LogP contribution in [0.4, 0.5) is 0 Å². The van der Waals surface area contributed by atoms with E-state index in [9.17, 15) is 0 Å². The largest absolute Gasteiger partial charge is 0.0578 e. The fourth-order valence-corrected chi connectivity index (χ4v) is 6.31. The van der Waals surface area contributed by atoms with E-state index in [-0.39, 0.29) is 10.8 Å². The molecule has 0 bridgehead atoms. The lowest BCUT2D eigenvalue weighted by Gasteiger charge is -2.21. The summed E-state index contributed by atoms with van der Waals surface area (Å²) in [6.07, 6.45) is 0. The molecule has 5 aromatic carbocycles. The van der Waals surface area contributed by atoms with Crippen LogP contribution in [0, 0.1) is 7.14 Å². The van der Waals surface area contributed by atoms with Crippen LogP contribution < -0.4 is 0 Å². The van der Waals surface area contributed by atoms with Crippen LogP contribution in [-0.2, 0) is 10.8 Å². The molecule has 2 heteroatoms. The van der Waals surface area contributed by atoms with Gasteiger partial charge in [-0.15, -0.1) is 0 Å². The van der Waals surface area contributed by atoms with E-state index in [1.165, 1.54) is 61.4 Å². The van der Waals surface area contributed by atoms with Gasteiger partial charge in [-0.2, -0.15) is 0 Å². The van der Waals surface area contributed by atoms with E-state index in [0.717, 1.165) is 0 Å². The van der Waals surface area contributed by atoms with Gasteiger partial charge in [-0.3, -0.25) is 0 Å². The molecule has 0 heterocycles. The molecule has 0 aliphatic carbocycles. The minimum Gasteiger partial charge on any atom is -0.0578 e. The first-order valence-corrected chi connectivity index (χ1v) is 13.3. The summed E-state index contributed by atoms with van der Waals surface area (Å²) in [5, 5.41) is 10.8. The van der Waals surface area contributed by atoms with E-state index in [1.54, 1.807) is 0 Å². The van der Waals surface area contributed by atoms with Gasteiger partial charge in [-0.1, -0.05) is 90.1 Å².